The number of hydrogen-bond acceptors (Lipinski definition) is 22. The van der Waals surface area contributed by atoms with Crippen molar-refractivity contribution in [3.63, 3.8) is 0 Å². The number of carboxylic acid groups (broad SMARTS) is 1. The fourth-order valence-corrected chi connectivity index (χ4v) is 4.96. The van der Waals surface area contributed by atoms with Gasteiger partial charge in [0, 0.05) is 0 Å². The molecule has 9 unspecified atom stereocenters. The minimum Gasteiger partial charge on any atom is -0.479 e. The predicted molar refractivity (Wildman–Crippen MR) is 111 cm³/mol. The Morgan fingerprint density at radius 3 is 1.97 bits per heavy atom. The molecule has 7 N–H and O–H groups in total. The van der Waals surface area contributed by atoms with E-state index in [9.17, 15) is 36.9 Å². The zero-order valence-electron chi connectivity index (χ0n) is 18.4. The minimum atomic E-state index is -5.45. The summed E-state index contributed by atoms with van der Waals surface area (Å²) in [4.78, 5) is 11.8. The molecule has 2 saturated heterocycles. The van der Waals surface area contributed by atoms with E-state index in [1.54, 1.807) is 0 Å². The Kier molecular flexibility index (Phi) is 13.8. The van der Waals surface area contributed by atoms with Gasteiger partial charge in [-0.25, -0.2) is 23.7 Å². The number of carboxylic acids is 1. The van der Waals surface area contributed by atoms with Gasteiger partial charge in [-0.2, -0.15) is 16.8 Å². The fraction of sp³-hybridized carbons (Fsp3) is 0.917. The van der Waals surface area contributed by atoms with Gasteiger partial charge in [-0.1, -0.05) is 10.1 Å². The summed E-state index contributed by atoms with van der Waals surface area (Å²) < 4.78 is 106. The van der Waals surface area contributed by atoms with E-state index in [-0.39, 0.29) is 24.6 Å². The summed E-state index contributed by atoms with van der Waals surface area (Å²) in [6.45, 7) is -1.65. The Morgan fingerprint density at radius 2 is 1.44 bits per heavy atom. The standard InChI is InChI=1S/C12H20O23S4/c13-1-3-7(30-38(19,20)21)6(4(26-3)2-25-36-34-32-17)27-12-9(31-39(22,23)24)5(14)8(29-37-35-33-18)10(28-12)11(15)16/h3-10,12-14,17-18H,1-2H2,(H,15,16)(H,19,20,21)(H,22,23,24). The van der Waals surface area contributed by atoms with E-state index in [0.29, 0.717) is 0 Å². The molecule has 2 aliphatic heterocycles. The molecule has 39 heavy (non-hydrogen) atoms. The summed E-state index contributed by atoms with van der Waals surface area (Å²) in [5.41, 5.74) is 0. The highest BCUT2D eigenvalue weighted by Gasteiger charge is 2.56. The third-order valence-electron chi connectivity index (χ3n) is 4.65. The van der Waals surface area contributed by atoms with Crippen LogP contribution in [-0.2, 0) is 75.3 Å². The molecule has 2 aliphatic rings. The maximum absolute atomic E-state index is 11.8. The van der Waals surface area contributed by atoms with E-state index in [1.165, 1.54) is 0 Å². The van der Waals surface area contributed by atoms with Crippen LogP contribution < -0.4 is 0 Å². The normalized spacial score (nSPS) is 33.8. The van der Waals surface area contributed by atoms with Crippen molar-refractivity contribution in [3.05, 3.63) is 0 Å². The van der Waals surface area contributed by atoms with Crippen molar-refractivity contribution < 1.29 is 106 Å². The first kappa shape index (κ1) is 34.6. The quantitative estimate of drug-likeness (QED) is 0.0269. The lowest BCUT2D eigenvalue weighted by Crippen LogP contribution is -2.63. The largest absolute Gasteiger partial charge is 0.479 e. The Morgan fingerprint density at radius 1 is 0.846 bits per heavy atom. The van der Waals surface area contributed by atoms with E-state index in [1.807, 2.05) is 0 Å². The van der Waals surface area contributed by atoms with Crippen LogP contribution in [0.25, 0.3) is 0 Å². The van der Waals surface area contributed by atoms with Crippen LogP contribution in [0.1, 0.15) is 0 Å². The summed E-state index contributed by atoms with van der Waals surface area (Å²) in [6, 6.07) is 0. The van der Waals surface area contributed by atoms with Gasteiger partial charge in [0.1, 0.15) is 36.6 Å². The smallest absolute Gasteiger partial charge is 0.397 e. The molecular formula is C12H20O23S4. The lowest BCUT2D eigenvalue weighted by molar-refractivity contribution is -0.435. The maximum atomic E-state index is 11.8. The molecule has 0 radical (unpaired) electrons. The fourth-order valence-electron chi connectivity index (χ4n) is 3.35. The number of ether oxygens (including phenoxy) is 3. The molecule has 0 spiro atoms. The van der Waals surface area contributed by atoms with E-state index in [4.69, 9.17) is 42.2 Å². The predicted octanol–water partition coefficient (Wildman–Crippen LogP) is -2.95. The number of aliphatic hydroxyl groups is 2. The number of rotatable bonds is 17. The molecular weight excluding hydrogens is 640 g/mol. The molecule has 27 heteroatoms. The second kappa shape index (κ2) is 15.6. The molecule has 2 rings (SSSR count). The van der Waals surface area contributed by atoms with E-state index in [0.717, 1.165) is 0 Å². The van der Waals surface area contributed by atoms with Crippen molar-refractivity contribution in [2.45, 2.75) is 55.1 Å². The molecule has 0 aromatic heterocycles. The Balaban J connectivity index is 2.43. The summed E-state index contributed by atoms with van der Waals surface area (Å²) >= 11 is -0.232. The highest BCUT2D eigenvalue weighted by atomic mass is 32.3. The molecule has 2 heterocycles. The van der Waals surface area contributed by atoms with Crippen LogP contribution in [0.3, 0.4) is 0 Å². The van der Waals surface area contributed by atoms with Crippen molar-refractivity contribution in [2.24, 2.45) is 0 Å². The van der Waals surface area contributed by atoms with Gasteiger partial charge in [-0.3, -0.25) is 17.5 Å². The van der Waals surface area contributed by atoms with Crippen LogP contribution in [0, 0.1) is 0 Å². The van der Waals surface area contributed by atoms with Gasteiger partial charge in [0.25, 0.3) is 0 Å². The monoisotopic (exact) mass is 660 g/mol. The average molecular weight is 661 g/mol. The van der Waals surface area contributed by atoms with Crippen LogP contribution in [0.5, 0.6) is 0 Å². The van der Waals surface area contributed by atoms with Gasteiger partial charge in [-0.05, 0) is 0 Å². The third-order valence-corrected chi connectivity index (χ3v) is 6.35. The summed E-state index contributed by atoms with van der Waals surface area (Å²) in [5, 5.41) is 52.5. The lowest BCUT2D eigenvalue weighted by Gasteiger charge is -2.42. The first-order valence-corrected chi connectivity index (χ1v) is 13.6. The minimum absolute atomic E-state index is 0.0108. The van der Waals surface area contributed by atoms with Crippen molar-refractivity contribution in [1.82, 2.24) is 0 Å². The van der Waals surface area contributed by atoms with Crippen molar-refractivity contribution in [1.29, 1.82) is 0 Å². The summed E-state index contributed by atoms with van der Waals surface area (Å²) in [6.07, 6.45) is -18.4. The molecule has 0 aromatic carbocycles. The van der Waals surface area contributed by atoms with E-state index in [2.05, 4.69) is 27.1 Å². The molecule has 0 saturated carbocycles. The number of hydrogen-bond donors (Lipinski definition) is 7. The van der Waals surface area contributed by atoms with Gasteiger partial charge in [0.15, 0.2) is 43.1 Å². The molecule has 23 nitrogen and oxygen atoms in total. The third kappa shape index (κ3) is 10.6. The van der Waals surface area contributed by atoms with E-state index >= 15 is 0 Å². The molecule has 0 aromatic rings. The van der Waals surface area contributed by atoms with Crippen molar-refractivity contribution >= 4 is 51.4 Å². The Bertz CT molecular complexity index is 976. The highest BCUT2D eigenvalue weighted by Crippen LogP contribution is 2.35. The van der Waals surface area contributed by atoms with Gasteiger partial charge in [0.2, 0.25) is 0 Å². The van der Waals surface area contributed by atoms with Gasteiger partial charge in [-0.15, -0.1) is 8.67 Å². The second-order valence-corrected chi connectivity index (χ2v) is 10.1. The van der Waals surface area contributed by atoms with Crippen LogP contribution >= 0.6 is 24.6 Å². The number of carbonyl (C=O) groups is 1. The zero-order chi connectivity index (χ0) is 29.4. The van der Waals surface area contributed by atoms with Crippen molar-refractivity contribution in [3.8, 4) is 0 Å². The zero-order valence-corrected chi connectivity index (χ0v) is 21.7. The second-order valence-electron chi connectivity index (χ2n) is 6.99. The Labute approximate surface area is 226 Å². The Hall–Kier alpha value is -0.610. The van der Waals surface area contributed by atoms with E-state index < -0.39 is 95.1 Å². The topological polar surface area (TPSA) is 328 Å². The van der Waals surface area contributed by atoms with Crippen molar-refractivity contribution in [2.75, 3.05) is 13.2 Å². The molecule has 9 atom stereocenters. The molecule has 0 aliphatic carbocycles. The molecule has 2 fully saturated rings. The highest BCUT2D eigenvalue weighted by molar-refractivity contribution is 7.89. The summed E-state index contributed by atoms with van der Waals surface area (Å²) in [5.74, 6) is -1.86. The lowest BCUT2D eigenvalue weighted by atomic mass is 9.98. The van der Waals surface area contributed by atoms with Gasteiger partial charge < -0.3 is 29.5 Å². The van der Waals surface area contributed by atoms with Crippen LogP contribution in [0.4, 0.5) is 0 Å². The SMILES string of the molecule is O=C(O)C1OC(OC2C(COSOOO)OC(CO)C2OS(=O)(=O)O)C(OS(=O)(=O)O)C(O)C1OSOOO. The summed E-state index contributed by atoms with van der Waals surface area (Å²) in [7, 11) is -10.7. The molecule has 0 amide bonds. The first-order chi connectivity index (χ1) is 18.2. The first-order valence-electron chi connectivity index (χ1n) is 9.58. The van der Waals surface area contributed by atoms with Gasteiger partial charge >= 0.3 is 26.8 Å². The number of aliphatic carboxylic acids is 1. The van der Waals surface area contributed by atoms with Crippen LogP contribution in [-0.4, -0.2) is 126 Å². The van der Waals surface area contributed by atoms with Crippen LogP contribution in [0.15, 0.2) is 0 Å². The molecule has 0 bridgehead atoms. The maximum Gasteiger partial charge on any atom is 0.397 e. The van der Waals surface area contributed by atoms with Gasteiger partial charge in [0.05, 0.1) is 13.2 Å². The van der Waals surface area contributed by atoms with Crippen LogP contribution in [0.2, 0.25) is 0 Å². The molecule has 230 valence electrons. The average Bonchev–Trinajstić information content (AvgIpc) is 3.14. The number of aliphatic hydroxyl groups excluding tert-OH is 2.